The summed E-state index contributed by atoms with van der Waals surface area (Å²) in [7, 11) is 0. The predicted molar refractivity (Wildman–Crippen MR) is 138 cm³/mol. The number of alkyl carbamates (subject to hydrolysis) is 1. The van der Waals surface area contributed by atoms with E-state index in [-0.39, 0.29) is 12.0 Å². The lowest BCUT2D eigenvalue weighted by atomic mass is 9.97. The summed E-state index contributed by atoms with van der Waals surface area (Å²) in [5.41, 5.74) is 3.62. The van der Waals surface area contributed by atoms with Crippen molar-refractivity contribution in [3.05, 3.63) is 36.1 Å². The van der Waals surface area contributed by atoms with Crippen LogP contribution in [0.25, 0.3) is 11.1 Å². The number of piperidine rings is 1. The van der Waals surface area contributed by atoms with Gasteiger partial charge in [0.25, 0.3) is 0 Å². The van der Waals surface area contributed by atoms with Gasteiger partial charge in [-0.15, -0.1) is 0 Å². The van der Waals surface area contributed by atoms with E-state index in [1.54, 1.807) is 6.26 Å². The zero-order valence-corrected chi connectivity index (χ0v) is 20.9. The highest BCUT2D eigenvalue weighted by atomic mass is 16.6. The average Bonchev–Trinajstić information content (AvgIpc) is 3.30. The number of furan rings is 1. The first kappa shape index (κ1) is 23.9. The maximum atomic E-state index is 12.0. The number of anilines is 4. The Labute approximate surface area is 209 Å². The van der Waals surface area contributed by atoms with Crippen molar-refractivity contribution < 1.29 is 18.7 Å². The van der Waals surface area contributed by atoms with Crippen LogP contribution >= 0.6 is 0 Å². The van der Waals surface area contributed by atoms with Gasteiger partial charge >= 0.3 is 6.09 Å². The first-order valence-electron chi connectivity index (χ1n) is 12.4. The number of aryl methyl sites for hydroxylation is 1. The summed E-state index contributed by atoms with van der Waals surface area (Å²) in [6.45, 7) is 7.73. The van der Waals surface area contributed by atoms with E-state index in [9.17, 15) is 9.59 Å². The van der Waals surface area contributed by atoms with Gasteiger partial charge in [-0.25, -0.2) is 9.78 Å². The highest BCUT2D eigenvalue weighted by Crippen LogP contribution is 2.32. The lowest BCUT2D eigenvalue weighted by molar-refractivity contribution is -0.116. The molecule has 1 aromatic carbocycles. The third-order valence-electron chi connectivity index (χ3n) is 6.40. The molecule has 2 amide bonds. The van der Waals surface area contributed by atoms with Crippen LogP contribution in [0.1, 0.15) is 45.6 Å². The molecule has 1 saturated heterocycles. The van der Waals surface area contributed by atoms with Gasteiger partial charge < -0.3 is 30.0 Å². The molecule has 5 rings (SSSR count). The second-order valence-corrected chi connectivity index (χ2v) is 10.4. The van der Waals surface area contributed by atoms with Crippen LogP contribution in [-0.4, -0.2) is 47.2 Å². The summed E-state index contributed by atoms with van der Waals surface area (Å²) in [6.07, 6.45) is 4.32. The van der Waals surface area contributed by atoms with Gasteiger partial charge in [0.2, 0.25) is 11.9 Å². The summed E-state index contributed by atoms with van der Waals surface area (Å²) in [5, 5.41) is 9.11. The van der Waals surface area contributed by atoms with Crippen LogP contribution in [-0.2, 0) is 16.0 Å². The number of nitrogens with zero attached hydrogens (tertiary/aromatic N) is 3. The monoisotopic (exact) mass is 492 g/mol. The van der Waals surface area contributed by atoms with E-state index < -0.39 is 5.60 Å². The minimum Gasteiger partial charge on any atom is -0.459 e. The number of aromatic nitrogens is 2. The van der Waals surface area contributed by atoms with Gasteiger partial charge in [0.05, 0.1) is 6.26 Å². The molecule has 0 unspecified atom stereocenters. The number of amides is 2. The summed E-state index contributed by atoms with van der Waals surface area (Å²) < 4.78 is 11.1. The van der Waals surface area contributed by atoms with Gasteiger partial charge in [0.15, 0.2) is 11.4 Å². The number of carbonyl (C=O) groups excluding carboxylic acids is 2. The molecule has 2 aliphatic heterocycles. The van der Waals surface area contributed by atoms with Gasteiger partial charge in [-0.05, 0) is 63.6 Å². The number of hydrogen-bond acceptors (Lipinski definition) is 8. The lowest BCUT2D eigenvalue weighted by Gasteiger charge is -2.33. The smallest absolute Gasteiger partial charge is 0.407 e. The first-order valence-corrected chi connectivity index (χ1v) is 12.4. The molecule has 10 heteroatoms. The number of carbonyl (C=O) groups is 2. The topological polar surface area (TPSA) is 122 Å². The Balaban J connectivity index is 1.26. The van der Waals surface area contributed by atoms with E-state index in [2.05, 4.69) is 25.8 Å². The van der Waals surface area contributed by atoms with Crippen molar-refractivity contribution >= 4 is 46.2 Å². The molecule has 0 spiro atoms. The first-order chi connectivity index (χ1) is 17.2. The summed E-state index contributed by atoms with van der Waals surface area (Å²) in [4.78, 5) is 35.4. The summed E-state index contributed by atoms with van der Waals surface area (Å²) in [6, 6.07) is 7.74. The molecule has 2 aliphatic rings. The molecular formula is C26H32N6O4. The Kier molecular flexibility index (Phi) is 6.42. The molecule has 0 saturated carbocycles. The Bertz CT molecular complexity index is 1270. The third kappa shape index (κ3) is 5.53. The van der Waals surface area contributed by atoms with Crippen molar-refractivity contribution in [2.24, 2.45) is 5.92 Å². The standard InChI is InChI=1S/C26H32N6O4/c1-26(2,3)36-25(34)27-15-16-8-11-32(12-9-16)23-22-19(10-13-35-22)30-24(31-23)28-18-6-4-17-5-7-21(33)29-20(17)14-18/h4,6,10,13-14,16H,5,7-9,11-12,15H2,1-3H3,(H,27,34)(H,29,33)(H,28,30,31). The van der Waals surface area contributed by atoms with Crippen molar-refractivity contribution in [2.75, 3.05) is 35.2 Å². The zero-order chi connectivity index (χ0) is 25.3. The van der Waals surface area contributed by atoms with E-state index >= 15 is 0 Å². The fourth-order valence-corrected chi connectivity index (χ4v) is 4.59. The number of benzene rings is 1. The number of nitrogens with one attached hydrogen (secondary N) is 3. The van der Waals surface area contributed by atoms with Gasteiger partial charge in [-0.3, -0.25) is 4.79 Å². The van der Waals surface area contributed by atoms with E-state index in [1.165, 1.54) is 0 Å². The molecule has 1 fully saturated rings. The van der Waals surface area contributed by atoms with Crippen LogP contribution in [0.5, 0.6) is 0 Å². The third-order valence-corrected chi connectivity index (χ3v) is 6.40. The van der Waals surface area contributed by atoms with Crippen molar-refractivity contribution in [1.82, 2.24) is 15.3 Å². The number of fused-ring (bicyclic) bond motifs is 2. The molecule has 3 aromatic rings. The normalized spacial score (nSPS) is 16.4. The quantitative estimate of drug-likeness (QED) is 0.473. The molecule has 36 heavy (non-hydrogen) atoms. The molecule has 0 bridgehead atoms. The molecule has 190 valence electrons. The summed E-state index contributed by atoms with van der Waals surface area (Å²) in [5.74, 6) is 1.61. The number of hydrogen-bond donors (Lipinski definition) is 3. The van der Waals surface area contributed by atoms with E-state index in [0.29, 0.717) is 30.4 Å². The Morgan fingerprint density at radius 2 is 2.00 bits per heavy atom. The van der Waals surface area contributed by atoms with Gasteiger partial charge in [-0.1, -0.05) is 6.07 Å². The fourth-order valence-electron chi connectivity index (χ4n) is 4.59. The van der Waals surface area contributed by atoms with Crippen LogP contribution in [0.15, 0.2) is 34.9 Å². The van der Waals surface area contributed by atoms with Crippen molar-refractivity contribution in [1.29, 1.82) is 0 Å². The minimum absolute atomic E-state index is 0.0303. The lowest BCUT2D eigenvalue weighted by Crippen LogP contribution is -2.40. The van der Waals surface area contributed by atoms with Gasteiger partial charge in [-0.2, -0.15) is 4.98 Å². The van der Waals surface area contributed by atoms with Gasteiger partial charge in [0, 0.05) is 43.5 Å². The molecular weight excluding hydrogens is 460 g/mol. The second-order valence-electron chi connectivity index (χ2n) is 10.4. The van der Waals surface area contributed by atoms with Crippen LogP contribution in [0, 0.1) is 5.92 Å². The fraction of sp³-hybridized carbons (Fsp3) is 0.462. The van der Waals surface area contributed by atoms with Crippen LogP contribution in [0.4, 0.5) is 27.9 Å². The Morgan fingerprint density at radius 1 is 1.19 bits per heavy atom. The van der Waals surface area contributed by atoms with Gasteiger partial charge in [0.1, 0.15) is 11.1 Å². The minimum atomic E-state index is -0.506. The molecule has 0 radical (unpaired) electrons. The summed E-state index contributed by atoms with van der Waals surface area (Å²) >= 11 is 0. The highest BCUT2D eigenvalue weighted by molar-refractivity contribution is 5.94. The van der Waals surface area contributed by atoms with Crippen LogP contribution in [0.3, 0.4) is 0 Å². The molecule has 3 N–H and O–H groups in total. The van der Waals surface area contributed by atoms with Crippen LogP contribution < -0.4 is 20.9 Å². The zero-order valence-electron chi connectivity index (χ0n) is 20.9. The maximum absolute atomic E-state index is 12.0. The molecule has 2 aromatic heterocycles. The molecule has 0 aliphatic carbocycles. The highest BCUT2D eigenvalue weighted by Gasteiger charge is 2.25. The van der Waals surface area contributed by atoms with E-state index in [4.69, 9.17) is 14.1 Å². The van der Waals surface area contributed by atoms with Crippen molar-refractivity contribution in [2.45, 2.75) is 52.1 Å². The Hall–Kier alpha value is -3.82. The SMILES string of the molecule is CC(C)(C)OC(=O)NCC1CCN(c2nc(Nc3ccc4c(c3)NC(=O)CC4)nc3ccoc23)CC1. The number of ether oxygens (including phenoxy) is 1. The molecule has 10 nitrogen and oxygen atoms in total. The predicted octanol–water partition coefficient (Wildman–Crippen LogP) is 4.59. The molecule has 0 atom stereocenters. The van der Waals surface area contributed by atoms with Crippen molar-refractivity contribution in [3.8, 4) is 0 Å². The van der Waals surface area contributed by atoms with Crippen molar-refractivity contribution in [3.63, 3.8) is 0 Å². The Morgan fingerprint density at radius 3 is 2.78 bits per heavy atom. The van der Waals surface area contributed by atoms with Crippen LogP contribution in [0.2, 0.25) is 0 Å². The maximum Gasteiger partial charge on any atom is 0.407 e. The second kappa shape index (κ2) is 9.67. The average molecular weight is 493 g/mol. The van der Waals surface area contributed by atoms with E-state index in [0.717, 1.165) is 60.6 Å². The number of rotatable bonds is 5. The molecule has 4 heterocycles. The largest absolute Gasteiger partial charge is 0.459 e. The van der Waals surface area contributed by atoms with E-state index in [1.807, 2.05) is 45.0 Å².